The molecular weight excluding hydrogens is 408 g/mol. The van der Waals surface area contributed by atoms with Crippen molar-refractivity contribution in [1.29, 1.82) is 0 Å². The first-order chi connectivity index (χ1) is 15.8. The number of hydrogen-bond donors (Lipinski definition) is 1. The molecule has 0 fully saturated rings. The van der Waals surface area contributed by atoms with Crippen LogP contribution in [0.3, 0.4) is 0 Å². The third-order valence-electron chi connectivity index (χ3n) is 6.25. The lowest BCUT2D eigenvalue weighted by Gasteiger charge is -2.24. The minimum Gasteiger partial charge on any atom is -0.369 e. The maximum Gasteiger partial charge on any atom is 0.224 e. The lowest BCUT2D eigenvalue weighted by Crippen LogP contribution is -2.35. The van der Waals surface area contributed by atoms with Crippen LogP contribution in [0.25, 0.3) is 22.2 Å². The number of aromatic nitrogens is 1. The third kappa shape index (κ3) is 4.61. The van der Waals surface area contributed by atoms with Crippen LogP contribution in [0.2, 0.25) is 0 Å². The van der Waals surface area contributed by atoms with E-state index in [0.29, 0.717) is 19.4 Å². The summed E-state index contributed by atoms with van der Waals surface area (Å²) in [5, 5.41) is 0.923. The molecule has 0 bridgehead atoms. The molecule has 168 valence electrons. The van der Waals surface area contributed by atoms with E-state index in [1.165, 1.54) is 0 Å². The Balaban J connectivity index is 1.91. The molecule has 3 aromatic carbocycles. The van der Waals surface area contributed by atoms with Gasteiger partial charge in [0, 0.05) is 23.9 Å². The molecule has 2 N–H and O–H groups in total. The number of amides is 1. The fourth-order valence-electron chi connectivity index (χ4n) is 4.31. The number of ketones is 1. The van der Waals surface area contributed by atoms with Crippen LogP contribution in [0.4, 0.5) is 0 Å². The van der Waals surface area contributed by atoms with E-state index in [4.69, 9.17) is 5.73 Å². The maximum atomic E-state index is 13.7. The number of nitrogens with two attached hydrogens (primary N) is 1. The van der Waals surface area contributed by atoms with Gasteiger partial charge in [0.1, 0.15) is 0 Å². The number of carbonyl (C=O) groups excluding carboxylic acids is 2. The molecule has 4 heteroatoms. The normalized spacial score (nSPS) is 11.6. The predicted octanol–water partition coefficient (Wildman–Crippen LogP) is 5.94. The molecule has 1 aromatic heterocycles. The molecular formula is C29H30N2O2. The summed E-state index contributed by atoms with van der Waals surface area (Å²) in [6, 6.07) is 26.2. The Morgan fingerprint density at radius 3 is 2.18 bits per heavy atom. The molecule has 4 rings (SSSR count). The lowest BCUT2D eigenvalue weighted by molar-refractivity contribution is -0.126. The van der Waals surface area contributed by atoms with Crippen LogP contribution in [0.15, 0.2) is 78.9 Å². The highest BCUT2D eigenvalue weighted by molar-refractivity contribution is 6.14. The van der Waals surface area contributed by atoms with Crippen molar-refractivity contribution in [2.45, 2.75) is 40.2 Å². The van der Waals surface area contributed by atoms with Gasteiger partial charge in [-0.1, -0.05) is 72.3 Å². The molecule has 0 unspecified atom stereocenters. The molecule has 4 nitrogen and oxygen atoms in total. The van der Waals surface area contributed by atoms with Crippen molar-refractivity contribution in [3.63, 3.8) is 0 Å². The average Bonchev–Trinajstić information content (AvgIpc) is 3.11. The summed E-state index contributed by atoms with van der Waals surface area (Å²) in [7, 11) is 0. The summed E-state index contributed by atoms with van der Waals surface area (Å²) in [5.74, 6) is -0.267. The van der Waals surface area contributed by atoms with E-state index in [2.05, 4.69) is 10.6 Å². The van der Waals surface area contributed by atoms with Gasteiger partial charge in [0.15, 0.2) is 5.78 Å². The zero-order chi connectivity index (χ0) is 23.6. The number of primary amides is 1. The first kappa shape index (κ1) is 22.5. The highest BCUT2D eigenvalue weighted by atomic mass is 16.1. The van der Waals surface area contributed by atoms with Crippen molar-refractivity contribution in [2.75, 3.05) is 0 Å². The van der Waals surface area contributed by atoms with Crippen LogP contribution in [0.5, 0.6) is 0 Å². The number of rotatable bonds is 8. The Morgan fingerprint density at radius 1 is 0.909 bits per heavy atom. The Kier molecular flexibility index (Phi) is 6.19. The van der Waals surface area contributed by atoms with E-state index < -0.39 is 5.41 Å². The Bertz CT molecular complexity index is 1300. The second-order valence-electron chi connectivity index (χ2n) is 9.35. The Hall–Kier alpha value is -3.66. The fourth-order valence-corrected chi connectivity index (χ4v) is 4.31. The molecule has 0 radical (unpaired) electrons. The van der Waals surface area contributed by atoms with Gasteiger partial charge in [-0.25, -0.2) is 0 Å². The number of carbonyl (C=O) groups is 2. The molecule has 1 heterocycles. The van der Waals surface area contributed by atoms with Crippen molar-refractivity contribution in [1.82, 2.24) is 4.57 Å². The van der Waals surface area contributed by atoms with E-state index in [1.54, 1.807) is 0 Å². The highest BCUT2D eigenvalue weighted by Crippen LogP contribution is 2.37. The van der Waals surface area contributed by atoms with Gasteiger partial charge in [-0.15, -0.1) is 0 Å². The number of aryl methyl sites for hydroxylation is 2. The molecule has 33 heavy (non-hydrogen) atoms. The average molecular weight is 439 g/mol. The van der Waals surface area contributed by atoms with E-state index in [0.717, 1.165) is 38.9 Å². The number of nitrogens with zero attached hydrogens (tertiary/aromatic N) is 1. The van der Waals surface area contributed by atoms with Crippen LogP contribution in [-0.2, 0) is 17.8 Å². The fraction of sp³-hybridized carbons (Fsp3) is 0.241. The predicted molar refractivity (Wildman–Crippen MR) is 134 cm³/mol. The summed E-state index contributed by atoms with van der Waals surface area (Å²) in [6.45, 7) is 6.12. The van der Waals surface area contributed by atoms with Crippen molar-refractivity contribution in [3.05, 3.63) is 95.6 Å². The zero-order valence-electron chi connectivity index (χ0n) is 19.5. The minimum absolute atomic E-state index is 0.101. The standard InChI is InChI=1S/C29H30N2O2/c1-20-14-16-24-23(18-20)26(25(32)17-15-21-10-6-4-7-11-21)27(22-12-8-5-9-13-22)31(24)19-29(2,3)28(30)33/h4-14,16,18H,15,17,19H2,1-3H3,(H2,30,33). The topological polar surface area (TPSA) is 65.1 Å². The molecule has 0 aliphatic rings. The van der Waals surface area contributed by atoms with Crippen LogP contribution in [0, 0.1) is 12.3 Å². The SMILES string of the molecule is Cc1ccc2c(c1)c(C(=O)CCc1ccccc1)c(-c1ccccc1)n2CC(C)(C)C(N)=O. The van der Waals surface area contributed by atoms with E-state index in [1.807, 2.05) is 93.6 Å². The number of Topliss-reactive ketones (excluding diaryl/α,β-unsaturated/α-hetero) is 1. The van der Waals surface area contributed by atoms with Gasteiger partial charge in [0.25, 0.3) is 0 Å². The lowest BCUT2D eigenvalue weighted by atomic mass is 9.92. The first-order valence-corrected chi connectivity index (χ1v) is 11.3. The van der Waals surface area contributed by atoms with Crippen molar-refractivity contribution in [2.24, 2.45) is 11.1 Å². The van der Waals surface area contributed by atoms with E-state index in [-0.39, 0.29) is 11.7 Å². The summed E-state index contributed by atoms with van der Waals surface area (Å²) >= 11 is 0. The van der Waals surface area contributed by atoms with Crippen LogP contribution in [0.1, 0.15) is 41.8 Å². The van der Waals surface area contributed by atoms with Crippen molar-refractivity contribution >= 4 is 22.6 Å². The van der Waals surface area contributed by atoms with Crippen LogP contribution in [-0.4, -0.2) is 16.3 Å². The van der Waals surface area contributed by atoms with Crippen LogP contribution >= 0.6 is 0 Å². The zero-order valence-corrected chi connectivity index (χ0v) is 19.5. The summed E-state index contributed by atoms with van der Waals surface area (Å²) < 4.78 is 2.10. The summed E-state index contributed by atoms with van der Waals surface area (Å²) in [4.78, 5) is 26.0. The number of fused-ring (bicyclic) bond motifs is 1. The molecule has 0 saturated carbocycles. The van der Waals surface area contributed by atoms with Crippen molar-refractivity contribution < 1.29 is 9.59 Å². The quantitative estimate of drug-likeness (QED) is 0.346. The minimum atomic E-state index is -0.773. The molecule has 4 aromatic rings. The Morgan fingerprint density at radius 2 is 1.55 bits per heavy atom. The second kappa shape index (κ2) is 9.07. The number of benzene rings is 3. The third-order valence-corrected chi connectivity index (χ3v) is 6.25. The molecule has 0 saturated heterocycles. The Labute approximate surface area is 195 Å². The van der Waals surface area contributed by atoms with Gasteiger partial charge in [-0.3, -0.25) is 9.59 Å². The van der Waals surface area contributed by atoms with Gasteiger partial charge < -0.3 is 10.3 Å². The largest absolute Gasteiger partial charge is 0.369 e. The number of hydrogen-bond acceptors (Lipinski definition) is 2. The second-order valence-corrected chi connectivity index (χ2v) is 9.35. The van der Waals surface area contributed by atoms with Gasteiger partial charge in [0.2, 0.25) is 5.91 Å². The van der Waals surface area contributed by atoms with Gasteiger partial charge in [-0.05, 0) is 50.5 Å². The summed E-state index contributed by atoms with van der Waals surface area (Å²) in [6.07, 6.45) is 1.09. The van der Waals surface area contributed by atoms with Crippen LogP contribution < -0.4 is 5.73 Å². The van der Waals surface area contributed by atoms with Gasteiger partial charge >= 0.3 is 0 Å². The summed E-state index contributed by atoms with van der Waals surface area (Å²) in [5.41, 5.74) is 10.7. The van der Waals surface area contributed by atoms with E-state index in [9.17, 15) is 9.59 Å². The maximum absolute atomic E-state index is 13.7. The van der Waals surface area contributed by atoms with E-state index >= 15 is 0 Å². The monoisotopic (exact) mass is 438 g/mol. The van der Waals surface area contributed by atoms with Gasteiger partial charge in [-0.2, -0.15) is 0 Å². The van der Waals surface area contributed by atoms with Gasteiger partial charge in [0.05, 0.1) is 16.7 Å². The first-order valence-electron chi connectivity index (χ1n) is 11.3. The molecule has 0 atom stereocenters. The smallest absolute Gasteiger partial charge is 0.224 e. The van der Waals surface area contributed by atoms with Crippen molar-refractivity contribution in [3.8, 4) is 11.3 Å². The molecule has 0 spiro atoms. The molecule has 0 aliphatic heterocycles. The molecule has 0 aliphatic carbocycles. The highest BCUT2D eigenvalue weighted by Gasteiger charge is 2.30. The molecule has 1 amide bonds.